The van der Waals surface area contributed by atoms with Gasteiger partial charge in [-0.2, -0.15) is 0 Å². The SMILES string of the molecule is Cc1ccc(S(=O)c2ccccn2)c(C)c1. The van der Waals surface area contributed by atoms with E-state index in [1.54, 1.807) is 12.3 Å². The molecule has 1 aromatic carbocycles. The fourth-order valence-electron chi connectivity index (χ4n) is 1.58. The molecule has 0 amide bonds. The van der Waals surface area contributed by atoms with E-state index in [1.807, 2.05) is 44.2 Å². The number of benzene rings is 1. The van der Waals surface area contributed by atoms with Crippen LogP contribution in [0.4, 0.5) is 0 Å². The zero-order valence-electron chi connectivity index (χ0n) is 9.31. The number of nitrogens with zero attached hydrogens (tertiary/aromatic N) is 1. The second kappa shape index (κ2) is 4.58. The summed E-state index contributed by atoms with van der Waals surface area (Å²) in [6.07, 6.45) is 1.66. The molecule has 2 aromatic rings. The summed E-state index contributed by atoms with van der Waals surface area (Å²) in [5, 5.41) is 0.606. The summed E-state index contributed by atoms with van der Waals surface area (Å²) < 4.78 is 12.2. The van der Waals surface area contributed by atoms with E-state index < -0.39 is 10.8 Å². The Balaban J connectivity index is 2.42. The largest absolute Gasteiger partial charge is 0.247 e. The van der Waals surface area contributed by atoms with Crippen LogP contribution in [-0.4, -0.2) is 9.19 Å². The van der Waals surface area contributed by atoms with Crippen molar-refractivity contribution in [3.8, 4) is 0 Å². The van der Waals surface area contributed by atoms with Crippen LogP contribution in [0.3, 0.4) is 0 Å². The van der Waals surface area contributed by atoms with E-state index in [0.29, 0.717) is 5.03 Å². The van der Waals surface area contributed by atoms with Crippen LogP contribution in [0.25, 0.3) is 0 Å². The second-order valence-corrected chi connectivity index (χ2v) is 5.10. The molecule has 3 heteroatoms. The van der Waals surface area contributed by atoms with Gasteiger partial charge in [0, 0.05) is 11.1 Å². The van der Waals surface area contributed by atoms with Crippen LogP contribution < -0.4 is 0 Å². The molecular weight excluding hydrogens is 218 g/mol. The quantitative estimate of drug-likeness (QED) is 0.795. The minimum atomic E-state index is -1.18. The maximum Gasteiger partial charge on any atom is 0.132 e. The van der Waals surface area contributed by atoms with Crippen LogP contribution in [0, 0.1) is 13.8 Å². The lowest BCUT2D eigenvalue weighted by atomic mass is 10.2. The third-order valence-corrected chi connectivity index (χ3v) is 3.84. The van der Waals surface area contributed by atoms with Crippen LogP contribution in [0.5, 0.6) is 0 Å². The van der Waals surface area contributed by atoms with Crippen LogP contribution in [0.2, 0.25) is 0 Å². The number of rotatable bonds is 2. The van der Waals surface area contributed by atoms with Gasteiger partial charge in [0.1, 0.15) is 15.8 Å². The van der Waals surface area contributed by atoms with Gasteiger partial charge in [-0.05, 0) is 37.6 Å². The van der Waals surface area contributed by atoms with Gasteiger partial charge in [-0.1, -0.05) is 23.8 Å². The Morgan fingerprint density at radius 2 is 1.94 bits per heavy atom. The first-order valence-corrected chi connectivity index (χ1v) is 6.23. The van der Waals surface area contributed by atoms with E-state index in [2.05, 4.69) is 4.98 Å². The molecular formula is C13H13NOS. The van der Waals surface area contributed by atoms with Crippen LogP contribution in [0.15, 0.2) is 52.5 Å². The summed E-state index contributed by atoms with van der Waals surface area (Å²) >= 11 is 0. The van der Waals surface area contributed by atoms with Gasteiger partial charge < -0.3 is 0 Å². The van der Waals surface area contributed by atoms with Gasteiger partial charge in [-0.15, -0.1) is 0 Å². The zero-order chi connectivity index (χ0) is 11.5. The summed E-state index contributed by atoms with van der Waals surface area (Å²) in [5.74, 6) is 0. The molecule has 0 spiro atoms. The molecule has 0 bridgehead atoms. The first-order valence-electron chi connectivity index (χ1n) is 5.08. The van der Waals surface area contributed by atoms with Crippen molar-refractivity contribution in [2.45, 2.75) is 23.8 Å². The van der Waals surface area contributed by atoms with Crippen LogP contribution in [0.1, 0.15) is 11.1 Å². The highest BCUT2D eigenvalue weighted by Crippen LogP contribution is 2.19. The van der Waals surface area contributed by atoms with Crippen molar-refractivity contribution in [3.63, 3.8) is 0 Å². The Hall–Kier alpha value is -1.48. The molecule has 16 heavy (non-hydrogen) atoms. The fraction of sp³-hybridized carbons (Fsp3) is 0.154. The van der Waals surface area contributed by atoms with E-state index >= 15 is 0 Å². The first-order chi connectivity index (χ1) is 7.68. The van der Waals surface area contributed by atoms with E-state index in [-0.39, 0.29) is 0 Å². The topological polar surface area (TPSA) is 30.0 Å². The van der Waals surface area contributed by atoms with Gasteiger partial charge in [-0.3, -0.25) is 0 Å². The second-order valence-electron chi connectivity index (χ2n) is 3.71. The highest BCUT2D eigenvalue weighted by Gasteiger charge is 2.10. The molecule has 0 aliphatic carbocycles. The average Bonchev–Trinajstić information content (AvgIpc) is 2.29. The highest BCUT2D eigenvalue weighted by molar-refractivity contribution is 7.85. The molecule has 1 atom stereocenters. The Bertz CT molecular complexity index is 523. The van der Waals surface area contributed by atoms with Crippen molar-refractivity contribution in [2.24, 2.45) is 0 Å². The molecule has 1 heterocycles. The summed E-state index contributed by atoms with van der Waals surface area (Å²) in [7, 11) is -1.18. The Morgan fingerprint density at radius 1 is 1.12 bits per heavy atom. The number of pyridine rings is 1. The van der Waals surface area contributed by atoms with Crippen molar-refractivity contribution >= 4 is 10.8 Å². The summed E-state index contributed by atoms with van der Waals surface area (Å²) in [4.78, 5) is 4.96. The minimum Gasteiger partial charge on any atom is -0.247 e. The molecule has 1 unspecified atom stereocenters. The maximum atomic E-state index is 12.2. The van der Waals surface area contributed by atoms with Gasteiger partial charge in [0.25, 0.3) is 0 Å². The Morgan fingerprint density at radius 3 is 2.56 bits per heavy atom. The number of aromatic nitrogens is 1. The third-order valence-electron chi connectivity index (χ3n) is 2.36. The van der Waals surface area contributed by atoms with E-state index in [9.17, 15) is 4.21 Å². The van der Waals surface area contributed by atoms with Crippen molar-refractivity contribution in [3.05, 3.63) is 53.7 Å². The first kappa shape index (κ1) is 11.0. The maximum absolute atomic E-state index is 12.2. The Kier molecular flexibility index (Phi) is 3.15. The lowest BCUT2D eigenvalue weighted by Crippen LogP contribution is -1.98. The molecule has 2 rings (SSSR count). The van der Waals surface area contributed by atoms with Crippen LogP contribution >= 0.6 is 0 Å². The van der Waals surface area contributed by atoms with Crippen molar-refractivity contribution in [1.29, 1.82) is 0 Å². The molecule has 0 saturated carbocycles. The van der Waals surface area contributed by atoms with E-state index in [1.165, 1.54) is 5.56 Å². The molecule has 0 N–H and O–H groups in total. The molecule has 0 aliphatic rings. The molecule has 1 aromatic heterocycles. The van der Waals surface area contributed by atoms with Crippen molar-refractivity contribution in [2.75, 3.05) is 0 Å². The Labute approximate surface area is 97.8 Å². The van der Waals surface area contributed by atoms with Crippen LogP contribution in [-0.2, 0) is 10.8 Å². The van der Waals surface area contributed by atoms with E-state index in [0.717, 1.165) is 10.5 Å². The zero-order valence-corrected chi connectivity index (χ0v) is 10.1. The predicted octanol–water partition coefficient (Wildman–Crippen LogP) is 2.87. The highest BCUT2D eigenvalue weighted by atomic mass is 32.2. The number of hydrogen-bond donors (Lipinski definition) is 0. The number of aryl methyl sites for hydroxylation is 2. The molecule has 0 saturated heterocycles. The molecule has 82 valence electrons. The van der Waals surface area contributed by atoms with Crippen molar-refractivity contribution < 1.29 is 4.21 Å². The van der Waals surface area contributed by atoms with Crippen molar-refractivity contribution in [1.82, 2.24) is 4.98 Å². The standard InChI is InChI=1S/C13H13NOS/c1-10-6-7-12(11(2)9-10)16(15)13-5-3-4-8-14-13/h3-9H,1-2H3. The summed E-state index contributed by atoms with van der Waals surface area (Å²) in [6, 6.07) is 11.4. The van der Waals surface area contributed by atoms with Gasteiger partial charge in [-0.25, -0.2) is 9.19 Å². The van der Waals surface area contributed by atoms with Gasteiger partial charge in [0.15, 0.2) is 0 Å². The summed E-state index contributed by atoms with van der Waals surface area (Å²) in [5.41, 5.74) is 2.23. The molecule has 0 aliphatic heterocycles. The average molecular weight is 231 g/mol. The van der Waals surface area contributed by atoms with Gasteiger partial charge in [0.05, 0.1) is 0 Å². The summed E-state index contributed by atoms with van der Waals surface area (Å²) in [6.45, 7) is 4.00. The molecule has 2 nitrogen and oxygen atoms in total. The fourth-order valence-corrected chi connectivity index (χ4v) is 2.70. The van der Waals surface area contributed by atoms with E-state index in [4.69, 9.17) is 0 Å². The third kappa shape index (κ3) is 2.19. The smallest absolute Gasteiger partial charge is 0.132 e. The minimum absolute atomic E-state index is 0.606. The number of hydrogen-bond acceptors (Lipinski definition) is 2. The molecule has 0 radical (unpaired) electrons. The lowest BCUT2D eigenvalue weighted by Gasteiger charge is -2.05. The normalized spacial score (nSPS) is 12.4. The van der Waals surface area contributed by atoms with Gasteiger partial charge >= 0.3 is 0 Å². The predicted molar refractivity (Wildman–Crippen MR) is 64.8 cm³/mol. The van der Waals surface area contributed by atoms with Gasteiger partial charge in [0.2, 0.25) is 0 Å². The molecule has 0 fully saturated rings. The monoisotopic (exact) mass is 231 g/mol. The lowest BCUT2D eigenvalue weighted by molar-refractivity contribution is 0.680.